The molecule has 0 amide bonds. The van der Waals surface area contributed by atoms with Crippen LogP contribution in [0.1, 0.15) is 12.8 Å². The summed E-state index contributed by atoms with van der Waals surface area (Å²) in [5.74, 6) is 2.08. The Bertz CT molecular complexity index is 2440. The summed E-state index contributed by atoms with van der Waals surface area (Å²) in [7, 11) is 8.23. The van der Waals surface area contributed by atoms with Crippen LogP contribution in [-0.2, 0) is 28.2 Å². The predicted molar refractivity (Wildman–Crippen MR) is 199 cm³/mol. The van der Waals surface area contributed by atoms with Crippen molar-refractivity contribution in [2.75, 3.05) is 23.7 Å². The molecule has 8 aromatic rings. The van der Waals surface area contributed by atoms with Gasteiger partial charge < -0.3 is 0 Å². The first-order chi connectivity index (χ1) is 24.5. The second kappa shape index (κ2) is 13.9. The summed E-state index contributed by atoms with van der Waals surface area (Å²) in [6.07, 6.45) is 9.96. The van der Waals surface area contributed by atoms with E-state index in [9.17, 15) is 0 Å². The Morgan fingerprint density at radius 2 is 1.46 bits per heavy atom. The molecule has 12 nitrogen and oxygen atoms in total. The van der Waals surface area contributed by atoms with E-state index in [0.717, 1.165) is 88.1 Å². The zero-order valence-electron chi connectivity index (χ0n) is 28.6. The molecule has 2 N–H and O–H groups in total. The summed E-state index contributed by atoms with van der Waals surface area (Å²) in [5.41, 5.74) is 10.1. The minimum atomic E-state index is 0.667. The second-order valence-corrected chi connectivity index (χ2v) is 20.3. The number of fused-ring (bicyclic) bond motifs is 6. The molecule has 8 rings (SSSR count). The number of benzene rings is 2. The van der Waals surface area contributed by atoms with Gasteiger partial charge in [0.05, 0.1) is 0 Å². The molecule has 0 saturated carbocycles. The van der Waals surface area contributed by atoms with Gasteiger partial charge in [0.1, 0.15) is 0 Å². The van der Waals surface area contributed by atoms with Crippen LogP contribution in [0, 0.1) is 0 Å². The van der Waals surface area contributed by atoms with Crippen molar-refractivity contribution in [1.29, 1.82) is 0 Å². The van der Waals surface area contributed by atoms with E-state index in [1.165, 1.54) is 16.2 Å². The van der Waals surface area contributed by atoms with E-state index in [4.69, 9.17) is 9.97 Å². The minimum absolute atomic E-state index is 0.667. The molecule has 0 aliphatic carbocycles. The van der Waals surface area contributed by atoms with Crippen LogP contribution in [0.4, 0.5) is 11.6 Å². The molecule has 6 heterocycles. The molecule has 0 radical (unpaired) electrons. The van der Waals surface area contributed by atoms with Crippen LogP contribution in [0.5, 0.6) is 0 Å². The van der Waals surface area contributed by atoms with E-state index in [1.54, 1.807) is 0 Å². The quantitative estimate of drug-likeness (QED) is 0.103. The van der Waals surface area contributed by atoms with Gasteiger partial charge in [-0.05, 0) is 0 Å². The summed E-state index contributed by atoms with van der Waals surface area (Å²) in [4.78, 5) is 19.1. The zero-order chi connectivity index (χ0) is 34.2. The Balaban J connectivity index is 0.880. The van der Waals surface area contributed by atoms with Gasteiger partial charge in [-0.15, -0.1) is 0 Å². The first kappa shape index (κ1) is 32.5. The number of hydrogen-bond donors (Lipinski definition) is 2. The Labute approximate surface area is 301 Å². The van der Waals surface area contributed by atoms with E-state index in [2.05, 4.69) is 112 Å². The van der Waals surface area contributed by atoms with E-state index in [1.807, 2.05) is 50.0 Å². The Kier molecular flexibility index (Phi) is 9.01. The summed E-state index contributed by atoms with van der Waals surface area (Å²) in [5, 5.41) is 10.1. The number of nitrogens with one attached hydrogen (secondary N) is 2. The molecule has 0 fully saturated rings. The molecule has 50 heavy (non-hydrogen) atoms. The molecule has 0 saturated heterocycles. The van der Waals surface area contributed by atoms with Gasteiger partial charge in [-0.3, -0.25) is 0 Å². The molecule has 2 aromatic carbocycles. The third kappa shape index (κ3) is 5.82. The maximum atomic E-state index is 5.14. The number of rotatable bonds is 13. The van der Waals surface area contributed by atoms with E-state index >= 15 is 0 Å². The first-order valence-electron chi connectivity index (χ1n) is 16.8. The van der Waals surface area contributed by atoms with Crippen LogP contribution in [-0.4, -0.2) is 77.4 Å². The summed E-state index contributed by atoms with van der Waals surface area (Å²) < 4.78 is 12.7. The summed E-state index contributed by atoms with van der Waals surface area (Å²) >= 11 is 1.34. The molecular weight excluding hydrogens is 758 g/mol. The van der Waals surface area contributed by atoms with Gasteiger partial charge in [-0.1, -0.05) is 0 Å². The normalized spacial score (nSPS) is 11.8. The Morgan fingerprint density at radius 1 is 0.760 bits per heavy atom. The van der Waals surface area contributed by atoms with Gasteiger partial charge in [0.25, 0.3) is 0 Å². The van der Waals surface area contributed by atoms with Crippen LogP contribution in [0.25, 0.3) is 56.1 Å². The number of aryl methyl sites for hydroxylation is 4. The van der Waals surface area contributed by atoms with Crippen molar-refractivity contribution in [1.82, 2.24) is 38.0 Å². The SMILES string of the molecule is Cn1c[n+](C)c2ncn3c(NCCC[Se][Se]CCCNc4c(-c5ccccc5)n(C)c5c6c(ncn6C)nc[n+]45)c(-c4ccccc4)nc3c21. The number of aromatic nitrogens is 10. The van der Waals surface area contributed by atoms with E-state index in [-0.39, 0.29) is 0 Å². The van der Waals surface area contributed by atoms with Crippen molar-refractivity contribution in [3.05, 3.63) is 86.0 Å². The molecule has 0 aliphatic rings. The fourth-order valence-corrected chi connectivity index (χ4v) is 13.4. The van der Waals surface area contributed by atoms with Gasteiger partial charge in [0.15, 0.2) is 0 Å². The topological polar surface area (TPSA) is 103 Å². The molecule has 0 atom stereocenters. The van der Waals surface area contributed by atoms with Gasteiger partial charge in [-0.25, -0.2) is 0 Å². The molecule has 0 bridgehead atoms. The van der Waals surface area contributed by atoms with Gasteiger partial charge >= 0.3 is 302 Å². The second-order valence-electron chi connectivity index (χ2n) is 12.4. The summed E-state index contributed by atoms with van der Waals surface area (Å²) in [6, 6.07) is 21.0. The Hall–Kier alpha value is -4.74. The van der Waals surface area contributed by atoms with Crippen molar-refractivity contribution in [3.8, 4) is 22.5 Å². The fraction of sp³-hybridized carbons (Fsp3) is 0.278. The number of hydrogen-bond acceptors (Lipinski definition) is 6. The number of anilines is 2. The molecule has 0 spiro atoms. The molecule has 6 aromatic heterocycles. The van der Waals surface area contributed by atoms with E-state index < -0.39 is 0 Å². The average Bonchev–Trinajstić information content (AvgIpc) is 3.86. The third-order valence-electron chi connectivity index (χ3n) is 9.01. The molecule has 0 aliphatic heterocycles. The summed E-state index contributed by atoms with van der Waals surface area (Å²) in [6.45, 7) is 1.83. The Morgan fingerprint density at radius 3 is 2.20 bits per heavy atom. The molecular formula is C36H40N12Se2+2. The van der Waals surface area contributed by atoms with Crippen molar-refractivity contribution in [2.45, 2.75) is 23.5 Å². The monoisotopic (exact) mass is 800 g/mol. The van der Waals surface area contributed by atoms with Crippen LogP contribution in [0.2, 0.25) is 10.6 Å². The molecule has 0 unspecified atom stereocenters. The molecule has 254 valence electrons. The maximum absolute atomic E-state index is 5.14. The third-order valence-corrected chi connectivity index (χ3v) is 16.7. The van der Waals surface area contributed by atoms with Crippen LogP contribution >= 0.6 is 0 Å². The van der Waals surface area contributed by atoms with Gasteiger partial charge in [-0.2, -0.15) is 0 Å². The van der Waals surface area contributed by atoms with Crippen LogP contribution < -0.4 is 19.6 Å². The van der Waals surface area contributed by atoms with Crippen LogP contribution in [0.15, 0.2) is 86.0 Å². The first-order valence-corrected chi connectivity index (χ1v) is 23.5. The van der Waals surface area contributed by atoms with Gasteiger partial charge in [0.2, 0.25) is 0 Å². The van der Waals surface area contributed by atoms with Crippen molar-refractivity contribution in [3.63, 3.8) is 0 Å². The average molecular weight is 799 g/mol. The number of imidazole rings is 4. The van der Waals surface area contributed by atoms with Crippen molar-refractivity contribution >= 4 is 71.5 Å². The van der Waals surface area contributed by atoms with Crippen molar-refractivity contribution < 1.29 is 8.97 Å². The number of nitrogens with zero attached hydrogens (tertiary/aromatic N) is 10. The molecule has 14 heteroatoms. The predicted octanol–water partition coefficient (Wildman–Crippen LogP) is 4.20. The van der Waals surface area contributed by atoms with E-state index in [0.29, 0.717) is 26.3 Å². The van der Waals surface area contributed by atoms with Gasteiger partial charge in [0, 0.05) is 0 Å². The van der Waals surface area contributed by atoms with Crippen LogP contribution in [0.3, 0.4) is 0 Å². The standard InChI is InChI=1S/C36H40N12Se2/c1-43-21-39-31-29(43)36-46(4)28(26-15-9-6-10-16-26)34(48(36)22-40-31)38-18-12-20-50-49-19-11-17-37-32-27(25-13-7-5-8-14-25)42-35-30-33(41-23-47(32)35)45(3)24-44(30)2/h5-10,13-16,21-24,37-38H,11-12,17-20H2,1-4H3/q+2. The fourth-order valence-electron chi connectivity index (χ4n) is 6.70. The van der Waals surface area contributed by atoms with Crippen molar-refractivity contribution in [2.24, 2.45) is 28.2 Å². The zero-order valence-corrected chi connectivity index (χ0v) is 32.0.